The van der Waals surface area contributed by atoms with E-state index in [1.54, 1.807) is 0 Å². The topological polar surface area (TPSA) is 58.9 Å². The molecule has 0 spiro atoms. The minimum absolute atomic E-state index is 1.13. The van der Waals surface area contributed by atoms with E-state index in [2.05, 4.69) is 6.64 Å². The normalized spacial score (nSPS) is 11.4. The van der Waals surface area contributed by atoms with E-state index < -0.39 is 104 Å². The van der Waals surface area contributed by atoms with E-state index in [0.29, 0.717) is 0 Å². The number of rotatable bonds is 4. The SMILES string of the molecule is O=S=[N][Ge]([N]=S=O)([c]1c(F)c(F)c(F)c(F)c1F)[c]1c(F)c(F)c(F)c(F)c1F. The molecule has 4 nitrogen and oxygen atoms in total. The molecule has 0 fully saturated rings. The van der Waals surface area contributed by atoms with Crippen LogP contribution in [0.25, 0.3) is 0 Å². The Kier molecular flexibility index (Phi) is 6.68. The first kappa shape index (κ1) is 23.2. The number of benzene rings is 2. The first-order valence-corrected chi connectivity index (χ1v) is 11.9. The van der Waals surface area contributed by atoms with Crippen LogP contribution in [0, 0.1) is 58.2 Å². The molecule has 0 aliphatic heterocycles. The van der Waals surface area contributed by atoms with Gasteiger partial charge in [-0.3, -0.25) is 0 Å². The van der Waals surface area contributed by atoms with Crippen LogP contribution >= 0.6 is 0 Å². The second-order valence-electron chi connectivity index (χ2n) is 4.89. The van der Waals surface area contributed by atoms with Crippen LogP contribution in [0.4, 0.5) is 43.9 Å². The molecule has 0 radical (unpaired) electrons. The average Bonchev–Trinajstić information content (AvgIpc) is 2.68. The van der Waals surface area contributed by atoms with E-state index in [1.165, 1.54) is 0 Å². The van der Waals surface area contributed by atoms with E-state index in [4.69, 9.17) is 0 Å². The van der Waals surface area contributed by atoms with Gasteiger partial charge in [-0.15, -0.1) is 0 Å². The van der Waals surface area contributed by atoms with Gasteiger partial charge in [0.25, 0.3) is 0 Å². The Balaban J connectivity index is 3.28. The van der Waals surface area contributed by atoms with Crippen molar-refractivity contribution in [3.05, 3.63) is 58.2 Å². The van der Waals surface area contributed by atoms with Gasteiger partial charge in [-0.25, -0.2) is 0 Å². The Hall–Kier alpha value is -2.08. The van der Waals surface area contributed by atoms with Gasteiger partial charge in [0.05, 0.1) is 0 Å². The van der Waals surface area contributed by atoms with E-state index in [9.17, 15) is 52.3 Å². The van der Waals surface area contributed by atoms with Gasteiger partial charge in [0.15, 0.2) is 0 Å². The molecule has 0 amide bonds. The van der Waals surface area contributed by atoms with Crippen LogP contribution in [0.3, 0.4) is 0 Å². The molecule has 29 heavy (non-hydrogen) atoms. The van der Waals surface area contributed by atoms with Crippen molar-refractivity contribution in [1.29, 1.82) is 0 Å². The maximum absolute atomic E-state index is 14.3. The predicted molar refractivity (Wildman–Crippen MR) is 78.6 cm³/mol. The first-order valence-electron chi connectivity index (χ1n) is 6.54. The Bertz CT molecular complexity index is 1000. The Morgan fingerprint density at radius 2 is 0.655 bits per heavy atom. The Morgan fingerprint density at radius 3 is 0.862 bits per heavy atom. The average molecular weight is 531 g/mol. The van der Waals surface area contributed by atoms with Crippen LogP contribution in [-0.4, -0.2) is 22.1 Å². The molecule has 0 bridgehead atoms. The number of nitrogens with zero attached hydrogens (tertiary/aromatic N) is 2. The summed E-state index contributed by atoms with van der Waals surface area (Å²) in [7, 11) is 0. The zero-order valence-electron chi connectivity index (χ0n) is 12.8. The molecule has 0 aliphatic carbocycles. The van der Waals surface area contributed by atoms with Crippen molar-refractivity contribution in [3.8, 4) is 0 Å². The molecule has 0 saturated carbocycles. The third-order valence-electron chi connectivity index (χ3n) is 3.46. The van der Waals surface area contributed by atoms with Crippen molar-refractivity contribution >= 4 is 45.4 Å². The van der Waals surface area contributed by atoms with Gasteiger partial charge in [0.2, 0.25) is 0 Å². The Labute approximate surface area is 162 Å². The first-order chi connectivity index (χ1) is 13.5. The molecule has 0 heterocycles. The second-order valence-corrected chi connectivity index (χ2v) is 12.8. The summed E-state index contributed by atoms with van der Waals surface area (Å²) >= 11 is -9.09. The maximum atomic E-state index is 14.3. The molecule has 0 N–H and O–H groups in total. The molecule has 0 unspecified atom stereocenters. The van der Waals surface area contributed by atoms with Crippen LogP contribution in [0.15, 0.2) is 6.64 Å². The monoisotopic (exact) mass is 532 g/mol. The summed E-state index contributed by atoms with van der Waals surface area (Å²) < 4.78 is 161. The molecule has 2 rings (SSSR count). The molecule has 0 aliphatic rings. The van der Waals surface area contributed by atoms with Gasteiger partial charge in [-0.2, -0.15) is 0 Å². The third kappa shape index (κ3) is 3.41. The summed E-state index contributed by atoms with van der Waals surface area (Å²) in [5.74, 6) is -27.4. The molecule has 2 aromatic rings. The second kappa shape index (κ2) is 8.35. The third-order valence-corrected chi connectivity index (χ3v) is 13.2. The van der Waals surface area contributed by atoms with Gasteiger partial charge in [0.1, 0.15) is 0 Å². The standard InChI is InChI=1S/C12F10GeN2O2S2/c13-1-3(15)7(19)11(8(20)4(1)16)23(24-28-26,25-29-27)12-9(21)5(17)2(14)6(18)10(12)22. The van der Waals surface area contributed by atoms with Gasteiger partial charge in [-0.1, -0.05) is 0 Å². The van der Waals surface area contributed by atoms with Crippen molar-refractivity contribution in [2.75, 3.05) is 0 Å². The van der Waals surface area contributed by atoms with Crippen LogP contribution in [0.5, 0.6) is 0 Å². The summed E-state index contributed by atoms with van der Waals surface area (Å²) in [5.41, 5.74) is 0. The summed E-state index contributed by atoms with van der Waals surface area (Å²) in [6.45, 7) is 0. The van der Waals surface area contributed by atoms with Crippen LogP contribution in [0.2, 0.25) is 0 Å². The van der Waals surface area contributed by atoms with Gasteiger partial charge >= 0.3 is 163 Å². The summed E-state index contributed by atoms with van der Waals surface area (Å²) in [6.07, 6.45) is 0. The van der Waals surface area contributed by atoms with Crippen molar-refractivity contribution in [2.24, 2.45) is 6.64 Å². The van der Waals surface area contributed by atoms with Crippen molar-refractivity contribution in [2.45, 2.75) is 0 Å². The fourth-order valence-electron chi connectivity index (χ4n) is 2.25. The van der Waals surface area contributed by atoms with E-state index in [1.807, 2.05) is 0 Å². The van der Waals surface area contributed by atoms with Gasteiger partial charge in [-0.05, 0) is 0 Å². The van der Waals surface area contributed by atoms with Crippen LogP contribution < -0.4 is 8.79 Å². The summed E-state index contributed by atoms with van der Waals surface area (Å²) in [6, 6.07) is 0. The van der Waals surface area contributed by atoms with Crippen molar-refractivity contribution < 1.29 is 52.3 Å². The van der Waals surface area contributed by atoms with Crippen molar-refractivity contribution in [1.82, 2.24) is 0 Å². The van der Waals surface area contributed by atoms with E-state index >= 15 is 0 Å². The molecule has 0 aromatic heterocycles. The molecule has 0 atom stereocenters. The number of hydrogen-bond donors (Lipinski definition) is 0. The van der Waals surface area contributed by atoms with E-state index in [0.717, 1.165) is 0 Å². The minimum atomic E-state index is -6.84. The fraction of sp³-hybridized carbons (Fsp3) is 0. The quantitative estimate of drug-likeness (QED) is 0.264. The Morgan fingerprint density at radius 1 is 0.448 bits per heavy atom. The van der Waals surface area contributed by atoms with Crippen molar-refractivity contribution in [3.63, 3.8) is 0 Å². The molecule has 2 aromatic carbocycles. The zero-order chi connectivity index (χ0) is 22.3. The van der Waals surface area contributed by atoms with Crippen LogP contribution in [0.1, 0.15) is 0 Å². The molecule has 156 valence electrons. The number of halogens is 10. The fourth-order valence-corrected chi connectivity index (χ4v) is 11.3. The van der Waals surface area contributed by atoms with Crippen LogP contribution in [-0.2, 0) is 22.9 Å². The molecular formula is C12F10GeN2O2S2. The van der Waals surface area contributed by atoms with Gasteiger partial charge in [0, 0.05) is 0 Å². The van der Waals surface area contributed by atoms with E-state index in [-0.39, 0.29) is 0 Å². The molecule has 0 saturated heterocycles. The summed E-state index contributed by atoms with van der Waals surface area (Å²) in [4.78, 5) is 0. The zero-order valence-corrected chi connectivity index (χ0v) is 16.5. The van der Waals surface area contributed by atoms with Gasteiger partial charge < -0.3 is 0 Å². The number of hydrogen-bond acceptors (Lipinski definition) is 4. The summed E-state index contributed by atoms with van der Waals surface area (Å²) in [5, 5.41) is 0. The molecular weight excluding hydrogens is 531 g/mol. The molecule has 17 heteroatoms. The predicted octanol–water partition coefficient (Wildman–Crippen LogP) is 2.43.